The molecule has 4 N–H and O–H groups in total. The van der Waals surface area contributed by atoms with Crippen LogP contribution in [0.2, 0.25) is 0 Å². The van der Waals surface area contributed by atoms with Gasteiger partial charge in [-0.2, -0.15) is 0 Å². The van der Waals surface area contributed by atoms with Crippen molar-refractivity contribution in [2.75, 3.05) is 6.61 Å². The van der Waals surface area contributed by atoms with Crippen molar-refractivity contribution in [2.45, 2.75) is 172 Å². The maximum Gasteiger partial charge on any atom is 0.339 e. The molecular weight excluding hydrogens is 817 g/mol. The smallest absolute Gasteiger partial charge is 0.339 e. The number of nitrogens with one attached hydrogen (secondary N) is 2. The third-order valence-electron chi connectivity index (χ3n) is 14.4. The Morgan fingerprint density at radius 1 is 0.953 bits per heavy atom. The molecule has 2 saturated carbocycles. The molecule has 4 fully saturated rings. The zero-order chi connectivity index (χ0) is 45.8. The van der Waals surface area contributed by atoms with E-state index in [9.17, 15) is 29.4 Å². The Morgan fingerprint density at radius 2 is 1.66 bits per heavy atom. The number of fused-ring (bicyclic) bond motifs is 4. The van der Waals surface area contributed by atoms with Gasteiger partial charge < -0.3 is 44.5 Å². The van der Waals surface area contributed by atoms with Gasteiger partial charge in [0, 0.05) is 31.3 Å². The van der Waals surface area contributed by atoms with Crippen molar-refractivity contribution in [2.24, 2.45) is 17.3 Å². The molecule has 2 aliphatic heterocycles. The van der Waals surface area contributed by atoms with Crippen LogP contribution >= 0.6 is 0 Å². The number of rotatable bonds is 12. The van der Waals surface area contributed by atoms with Gasteiger partial charge in [0.2, 0.25) is 11.8 Å². The van der Waals surface area contributed by atoms with E-state index < -0.39 is 78.2 Å². The molecule has 10 atom stereocenters. The number of allylic oxidation sites excluding steroid dienone is 1. The van der Waals surface area contributed by atoms with Gasteiger partial charge in [0.1, 0.15) is 30.0 Å². The van der Waals surface area contributed by atoms with E-state index in [1.165, 1.54) is 12.5 Å². The van der Waals surface area contributed by atoms with Crippen LogP contribution in [0.25, 0.3) is 6.08 Å². The predicted molar refractivity (Wildman–Crippen MR) is 237 cm³/mol. The lowest BCUT2D eigenvalue weighted by atomic mass is 9.52. The van der Waals surface area contributed by atoms with Gasteiger partial charge in [-0.25, -0.2) is 4.79 Å². The topological polar surface area (TPSA) is 182 Å². The molecule has 0 bridgehead atoms. The maximum absolute atomic E-state index is 14.5. The Hall–Kier alpha value is -4.40. The number of aliphatic hydroxyl groups is 2. The summed E-state index contributed by atoms with van der Waals surface area (Å²) in [5.41, 5.74) is 4.40. The fourth-order valence-corrected chi connectivity index (χ4v) is 10.9. The van der Waals surface area contributed by atoms with E-state index in [-0.39, 0.29) is 42.0 Å². The van der Waals surface area contributed by atoms with E-state index in [0.717, 1.165) is 48.8 Å². The number of esters is 2. The van der Waals surface area contributed by atoms with Crippen LogP contribution < -0.4 is 10.6 Å². The first kappa shape index (κ1) is 46.1. The molecule has 8 rings (SSSR count). The van der Waals surface area contributed by atoms with Crippen LogP contribution in [0.4, 0.5) is 0 Å². The molecule has 1 spiro atoms. The summed E-state index contributed by atoms with van der Waals surface area (Å²) in [5.74, 6) is -2.50. The van der Waals surface area contributed by atoms with Crippen LogP contribution in [-0.4, -0.2) is 100 Å². The van der Waals surface area contributed by atoms with Crippen molar-refractivity contribution in [1.29, 1.82) is 0 Å². The molecule has 2 aromatic carbocycles. The lowest BCUT2D eigenvalue weighted by Crippen LogP contribution is -2.55. The lowest BCUT2D eigenvalue weighted by Gasteiger charge is -2.53. The first-order chi connectivity index (χ1) is 30.2. The van der Waals surface area contributed by atoms with Crippen LogP contribution in [0.1, 0.15) is 127 Å². The van der Waals surface area contributed by atoms with Crippen LogP contribution in [0.15, 0.2) is 65.8 Å². The number of hydrogen-bond donors (Lipinski definition) is 4. The Morgan fingerprint density at radius 3 is 2.33 bits per heavy atom. The molecule has 2 amide bonds. The minimum Gasteiger partial charge on any atom is -0.460 e. The third kappa shape index (κ3) is 9.89. The zero-order valence-corrected chi connectivity index (χ0v) is 38.3. The molecule has 13 heteroatoms. The van der Waals surface area contributed by atoms with Crippen molar-refractivity contribution in [3.8, 4) is 0 Å². The summed E-state index contributed by atoms with van der Waals surface area (Å²) in [4.78, 5) is 54.6. The Bertz CT molecular complexity index is 2160. The number of hydrogen-bond acceptors (Lipinski definition) is 11. The summed E-state index contributed by atoms with van der Waals surface area (Å²) in [6.45, 7) is 13.1. The van der Waals surface area contributed by atoms with E-state index >= 15 is 0 Å². The fourth-order valence-electron chi connectivity index (χ4n) is 10.9. The largest absolute Gasteiger partial charge is 0.460 e. The first-order valence-electron chi connectivity index (χ1n) is 23.2. The van der Waals surface area contributed by atoms with E-state index in [1.54, 1.807) is 32.9 Å². The minimum atomic E-state index is -1.42. The number of carbonyl (C=O) groups excluding carboxylic acids is 4. The molecule has 6 aliphatic rings. The van der Waals surface area contributed by atoms with Crippen LogP contribution in [0.5, 0.6) is 0 Å². The number of ether oxygens (including phenoxy) is 5. The van der Waals surface area contributed by atoms with Crippen molar-refractivity contribution < 1.29 is 53.1 Å². The Kier molecular flexibility index (Phi) is 12.8. The molecule has 4 aliphatic carbocycles. The standard InChI is InChI=1S/C51H66N2O11/c1-29(55)43(46(58)52-35(28-54)17-19-42(56)63-48(2,3)4)53-45(57)34-23-39(44-40(24-34)61-51(64-44)25-32-13-8-9-14-33(32)26-51)60-47(59)36-15-11-10-12-30(36)22-31-16-18-41-50(7,62-41)21-20-38-37(31)27-49(38,5)6/h8-15,22,24,29,35,37-41,43-44,54-55H,16-21,23,25-28H2,1-7H3,(H,52,58)(H,53,57). The summed E-state index contributed by atoms with van der Waals surface area (Å²) in [6, 6.07) is 13.2. The van der Waals surface area contributed by atoms with Gasteiger partial charge in [0.15, 0.2) is 5.79 Å². The van der Waals surface area contributed by atoms with Gasteiger partial charge >= 0.3 is 11.9 Å². The molecule has 346 valence electrons. The molecule has 2 saturated heterocycles. The second-order valence-corrected chi connectivity index (χ2v) is 21.0. The summed E-state index contributed by atoms with van der Waals surface area (Å²) < 4.78 is 31.4. The van der Waals surface area contributed by atoms with Gasteiger partial charge in [-0.3, -0.25) is 14.4 Å². The number of aliphatic hydroxyl groups excluding tert-OH is 2. The molecular formula is C51H66N2O11. The summed E-state index contributed by atoms with van der Waals surface area (Å²) in [6.07, 6.45) is 6.37. The molecule has 64 heavy (non-hydrogen) atoms. The third-order valence-corrected chi connectivity index (χ3v) is 14.4. The highest BCUT2D eigenvalue weighted by Crippen LogP contribution is 2.60. The SMILES string of the molecule is CC(O)C(NC(=O)C1=CC2OC3(Cc4ccccc4C3)OC2C(OC(=O)c2ccccc2C=C2CCC3OC3(C)CCC3C2CC3(C)C)C1)C(=O)NC(CO)CCC(=O)OC(C)(C)C. The van der Waals surface area contributed by atoms with Crippen molar-refractivity contribution in [3.05, 3.63) is 88.0 Å². The van der Waals surface area contributed by atoms with E-state index in [2.05, 4.69) is 37.5 Å². The predicted octanol–water partition coefficient (Wildman–Crippen LogP) is 6.06. The molecule has 13 nitrogen and oxygen atoms in total. The zero-order valence-electron chi connectivity index (χ0n) is 38.3. The molecule has 2 aromatic rings. The number of epoxide rings is 1. The van der Waals surface area contributed by atoms with Crippen molar-refractivity contribution >= 4 is 29.8 Å². The van der Waals surface area contributed by atoms with Crippen LogP contribution in [-0.2, 0) is 50.9 Å². The normalized spacial score (nSPS) is 30.6. The average molecular weight is 883 g/mol. The number of benzene rings is 2. The average Bonchev–Trinajstić information content (AvgIpc) is 3.51. The van der Waals surface area contributed by atoms with Crippen molar-refractivity contribution in [1.82, 2.24) is 10.6 Å². The Balaban J connectivity index is 1.01. The highest BCUT2D eigenvalue weighted by molar-refractivity contribution is 5.98. The second kappa shape index (κ2) is 17.8. The molecule has 2 heterocycles. The first-order valence-corrected chi connectivity index (χ1v) is 23.2. The van der Waals surface area contributed by atoms with Crippen LogP contribution in [0.3, 0.4) is 0 Å². The van der Waals surface area contributed by atoms with E-state index in [0.29, 0.717) is 30.2 Å². The van der Waals surface area contributed by atoms with Gasteiger partial charge in [0.05, 0.1) is 36.0 Å². The highest BCUT2D eigenvalue weighted by Gasteiger charge is 2.57. The summed E-state index contributed by atoms with van der Waals surface area (Å²) >= 11 is 0. The van der Waals surface area contributed by atoms with Crippen LogP contribution in [0, 0.1) is 17.3 Å². The van der Waals surface area contributed by atoms with Gasteiger partial charge in [-0.1, -0.05) is 68.0 Å². The summed E-state index contributed by atoms with van der Waals surface area (Å²) in [7, 11) is 0. The second-order valence-electron chi connectivity index (χ2n) is 21.0. The maximum atomic E-state index is 14.5. The number of amides is 2. The van der Waals surface area contributed by atoms with Gasteiger partial charge in [0.25, 0.3) is 0 Å². The molecule has 10 unspecified atom stereocenters. The minimum absolute atomic E-state index is 0.0432. The van der Waals surface area contributed by atoms with E-state index in [1.807, 2.05) is 42.5 Å². The van der Waals surface area contributed by atoms with Crippen molar-refractivity contribution in [3.63, 3.8) is 0 Å². The van der Waals surface area contributed by atoms with E-state index in [4.69, 9.17) is 23.7 Å². The summed E-state index contributed by atoms with van der Waals surface area (Å²) in [5, 5.41) is 26.1. The fraction of sp³-hybridized carbons (Fsp3) is 0.608. The van der Waals surface area contributed by atoms with Gasteiger partial charge in [-0.15, -0.1) is 0 Å². The molecule has 0 aromatic heterocycles. The quantitative estimate of drug-likeness (QED) is 0.144. The van der Waals surface area contributed by atoms with Gasteiger partial charge in [-0.05, 0) is 119 Å². The highest BCUT2D eigenvalue weighted by atomic mass is 16.8. The molecule has 0 radical (unpaired) electrons. The monoisotopic (exact) mass is 882 g/mol. The lowest BCUT2D eigenvalue weighted by molar-refractivity contribution is -0.172. The Labute approximate surface area is 376 Å². The number of carbonyl (C=O) groups is 4.